The van der Waals surface area contributed by atoms with E-state index >= 15 is 0 Å². The fraction of sp³-hybridized carbons (Fsp3) is 0.867. The van der Waals surface area contributed by atoms with Gasteiger partial charge in [-0.15, -0.1) is 0 Å². The number of carboxylic acid groups (broad SMARTS) is 1. The molecular weight excluding hydrogens is 272 g/mol. The molecule has 1 N–H and O–H groups in total. The van der Waals surface area contributed by atoms with Crippen LogP contribution in [0.1, 0.15) is 39.5 Å². The minimum atomic E-state index is -0.784. The summed E-state index contributed by atoms with van der Waals surface area (Å²) in [7, 11) is 0. The van der Waals surface area contributed by atoms with Crippen molar-refractivity contribution in [2.75, 3.05) is 26.2 Å². The Labute approximate surface area is 126 Å². The van der Waals surface area contributed by atoms with Crippen LogP contribution in [0, 0.1) is 0 Å². The van der Waals surface area contributed by atoms with Gasteiger partial charge < -0.3 is 14.7 Å². The summed E-state index contributed by atoms with van der Waals surface area (Å²) in [6.45, 7) is 6.35. The van der Waals surface area contributed by atoms with Gasteiger partial charge in [0, 0.05) is 19.1 Å². The standard InChI is InChI=1S/C15H26N2O4/c1-11-8-17(9-12(2)21-11)14(18)10-16-6-4-3-5-13(16)7-15(19)20/h11-13H,3-10H2,1-2H3,(H,19,20). The maximum Gasteiger partial charge on any atom is 0.304 e. The van der Waals surface area contributed by atoms with Crippen molar-refractivity contribution >= 4 is 11.9 Å². The molecule has 0 aromatic rings. The van der Waals surface area contributed by atoms with Gasteiger partial charge in [-0.05, 0) is 33.2 Å². The van der Waals surface area contributed by atoms with Crippen LogP contribution in [0.3, 0.4) is 0 Å². The Morgan fingerprint density at radius 3 is 2.48 bits per heavy atom. The van der Waals surface area contributed by atoms with Gasteiger partial charge in [0.2, 0.25) is 5.91 Å². The molecule has 1 amide bonds. The second-order valence-corrected chi connectivity index (χ2v) is 6.27. The topological polar surface area (TPSA) is 70.1 Å². The first-order valence-electron chi connectivity index (χ1n) is 7.84. The van der Waals surface area contributed by atoms with E-state index in [9.17, 15) is 9.59 Å². The molecule has 0 spiro atoms. The summed E-state index contributed by atoms with van der Waals surface area (Å²) in [4.78, 5) is 27.3. The van der Waals surface area contributed by atoms with Crippen molar-refractivity contribution in [2.45, 2.75) is 57.8 Å². The normalized spacial score (nSPS) is 31.1. The summed E-state index contributed by atoms with van der Waals surface area (Å²) >= 11 is 0. The fourth-order valence-corrected chi connectivity index (χ4v) is 3.36. The number of carboxylic acids is 1. The zero-order valence-corrected chi connectivity index (χ0v) is 13.0. The molecule has 2 fully saturated rings. The van der Waals surface area contributed by atoms with Gasteiger partial charge in [0.1, 0.15) is 0 Å². The molecule has 0 aromatic heterocycles. The molecule has 6 nitrogen and oxygen atoms in total. The van der Waals surface area contributed by atoms with E-state index in [-0.39, 0.29) is 30.6 Å². The molecule has 0 aromatic carbocycles. The summed E-state index contributed by atoms with van der Waals surface area (Å²) in [5.41, 5.74) is 0. The predicted octanol–water partition coefficient (Wildman–Crippen LogP) is 0.951. The van der Waals surface area contributed by atoms with Gasteiger partial charge in [0.25, 0.3) is 0 Å². The summed E-state index contributed by atoms with van der Waals surface area (Å²) < 4.78 is 5.65. The average molecular weight is 298 g/mol. The molecule has 3 unspecified atom stereocenters. The van der Waals surface area contributed by atoms with E-state index in [1.54, 1.807) is 0 Å². The van der Waals surface area contributed by atoms with Crippen LogP contribution in [-0.4, -0.2) is 71.2 Å². The zero-order chi connectivity index (χ0) is 15.4. The van der Waals surface area contributed by atoms with E-state index in [4.69, 9.17) is 9.84 Å². The molecule has 0 radical (unpaired) electrons. The molecule has 3 atom stereocenters. The molecule has 2 saturated heterocycles. The molecule has 120 valence electrons. The third-order valence-corrected chi connectivity index (χ3v) is 4.27. The van der Waals surface area contributed by atoms with Gasteiger partial charge in [-0.2, -0.15) is 0 Å². The van der Waals surface area contributed by atoms with Crippen LogP contribution >= 0.6 is 0 Å². The Balaban J connectivity index is 1.91. The lowest BCUT2D eigenvalue weighted by Gasteiger charge is -2.39. The van der Waals surface area contributed by atoms with Crippen molar-refractivity contribution < 1.29 is 19.4 Å². The lowest BCUT2D eigenvalue weighted by atomic mass is 9.99. The van der Waals surface area contributed by atoms with Crippen molar-refractivity contribution in [1.29, 1.82) is 0 Å². The summed E-state index contributed by atoms with van der Waals surface area (Å²) in [6.07, 6.45) is 3.22. The van der Waals surface area contributed by atoms with Gasteiger partial charge in [-0.1, -0.05) is 6.42 Å². The van der Waals surface area contributed by atoms with Crippen molar-refractivity contribution in [1.82, 2.24) is 9.80 Å². The Bertz CT molecular complexity index is 378. The number of nitrogens with zero attached hydrogens (tertiary/aromatic N) is 2. The maximum atomic E-state index is 12.5. The highest BCUT2D eigenvalue weighted by Gasteiger charge is 2.30. The van der Waals surface area contributed by atoms with E-state index in [1.807, 2.05) is 23.6 Å². The van der Waals surface area contributed by atoms with E-state index in [0.29, 0.717) is 19.6 Å². The van der Waals surface area contributed by atoms with E-state index in [2.05, 4.69) is 0 Å². The first-order valence-corrected chi connectivity index (χ1v) is 7.84. The predicted molar refractivity (Wildman–Crippen MR) is 78.1 cm³/mol. The first kappa shape index (κ1) is 16.2. The second-order valence-electron chi connectivity index (χ2n) is 6.27. The second kappa shape index (κ2) is 7.22. The number of hydrogen-bond acceptors (Lipinski definition) is 4. The number of morpholine rings is 1. The third-order valence-electron chi connectivity index (χ3n) is 4.27. The van der Waals surface area contributed by atoms with Crippen LogP contribution in [0.4, 0.5) is 0 Å². The van der Waals surface area contributed by atoms with Crippen molar-refractivity contribution in [3.63, 3.8) is 0 Å². The molecule has 0 aliphatic carbocycles. The number of carbonyl (C=O) groups is 2. The highest BCUT2D eigenvalue weighted by molar-refractivity contribution is 5.78. The van der Waals surface area contributed by atoms with E-state index in [0.717, 1.165) is 25.8 Å². The monoisotopic (exact) mass is 298 g/mol. The number of ether oxygens (including phenoxy) is 1. The third kappa shape index (κ3) is 4.68. The lowest BCUT2D eigenvalue weighted by molar-refractivity contribution is -0.146. The molecule has 2 rings (SSSR count). The van der Waals surface area contributed by atoms with Crippen LogP contribution in [-0.2, 0) is 14.3 Å². The van der Waals surface area contributed by atoms with Crippen molar-refractivity contribution in [3.05, 3.63) is 0 Å². The molecule has 0 saturated carbocycles. The van der Waals surface area contributed by atoms with Crippen LogP contribution < -0.4 is 0 Å². The number of hydrogen-bond donors (Lipinski definition) is 1. The Hall–Kier alpha value is -1.14. The van der Waals surface area contributed by atoms with Gasteiger partial charge >= 0.3 is 5.97 Å². The largest absolute Gasteiger partial charge is 0.481 e. The van der Waals surface area contributed by atoms with Gasteiger partial charge in [-0.3, -0.25) is 14.5 Å². The number of carbonyl (C=O) groups excluding carboxylic acids is 1. The quantitative estimate of drug-likeness (QED) is 0.837. The van der Waals surface area contributed by atoms with Crippen LogP contribution in [0.15, 0.2) is 0 Å². The van der Waals surface area contributed by atoms with E-state index < -0.39 is 5.97 Å². The number of rotatable bonds is 4. The molecule has 2 aliphatic heterocycles. The van der Waals surface area contributed by atoms with Crippen LogP contribution in [0.5, 0.6) is 0 Å². The molecule has 2 aliphatic rings. The fourth-order valence-electron chi connectivity index (χ4n) is 3.36. The molecular formula is C15H26N2O4. The highest BCUT2D eigenvalue weighted by Crippen LogP contribution is 2.20. The van der Waals surface area contributed by atoms with Crippen LogP contribution in [0.25, 0.3) is 0 Å². The van der Waals surface area contributed by atoms with Crippen LogP contribution in [0.2, 0.25) is 0 Å². The Morgan fingerprint density at radius 2 is 1.86 bits per heavy atom. The minimum Gasteiger partial charge on any atom is -0.481 e. The number of likely N-dealkylation sites (tertiary alicyclic amines) is 1. The Morgan fingerprint density at radius 1 is 1.19 bits per heavy atom. The summed E-state index contributed by atoms with van der Waals surface area (Å²) in [6, 6.07) is -0.00362. The lowest BCUT2D eigenvalue weighted by Crippen LogP contribution is -2.53. The summed E-state index contributed by atoms with van der Waals surface area (Å²) in [5, 5.41) is 9.00. The van der Waals surface area contributed by atoms with Gasteiger partial charge in [0.05, 0.1) is 25.2 Å². The van der Waals surface area contributed by atoms with Crippen molar-refractivity contribution in [3.8, 4) is 0 Å². The molecule has 21 heavy (non-hydrogen) atoms. The van der Waals surface area contributed by atoms with Gasteiger partial charge in [-0.25, -0.2) is 0 Å². The van der Waals surface area contributed by atoms with Crippen molar-refractivity contribution in [2.24, 2.45) is 0 Å². The number of amides is 1. The smallest absolute Gasteiger partial charge is 0.304 e. The van der Waals surface area contributed by atoms with E-state index in [1.165, 1.54) is 0 Å². The molecule has 2 heterocycles. The SMILES string of the molecule is CC1CN(C(=O)CN2CCCCC2CC(=O)O)CC(C)O1. The average Bonchev–Trinajstić information content (AvgIpc) is 2.39. The minimum absolute atomic E-state index is 0.00362. The highest BCUT2D eigenvalue weighted by atomic mass is 16.5. The maximum absolute atomic E-state index is 12.5. The Kier molecular flexibility index (Phi) is 5.58. The molecule has 6 heteroatoms. The first-order chi connectivity index (χ1) is 9.95. The molecule has 0 bridgehead atoms. The zero-order valence-electron chi connectivity index (χ0n) is 13.0. The number of aliphatic carboxylic acids is 1. The summed E-state index contributed by atoms with van der Waals surface area (Å²) in [5.74, 6) is -0.692. The van der Waals surface area contributed by atoms with Gasteiger partial charge in [0.15, 0.2) is 0 Å². The number of piperidine rings is 1.